The molecule has 2 heterocycles. The van der Waals surface area contributed by atoms with E-state index >= 15 is 0 Å². The summed E-state index contributed by atoms with van der Waals surface area (Å²) in [5.74, 6) is 1.92. The number of allylic oxidation sites excluding steroid dienone is 1. The largest absolute Gasteiger partial charge is 0.338 e. The number of amides is 1. The van der Waals surface area contributed by atoms with Crippen molar-refractivity contribution in [1.29, 1.82) is 0 Å². The third-order valence-corrected chi connectivity index (χ3v) is 6.88. The Morgan fingerprint density at radius 2 is 1.89 bits per heavy atom. The number of halogens is 2. The standard InChI is InChI=1S/C21H24Cl2N2OS/c1-14-8-15(2)12-25(11-14)21(26)17-7-6-16(9-24-10-17)13-27-20-18(22)4-3-5-19(20)23/h3-5,7,9-10,14-15H,6,8,11-13H2,1-2H3. The maximum Gasteiger partial charge on any atom is 0.255 e. The minimum Gasteiger partial charge on any atom is -0.338 e. The Kier molecular flexibility index (Phi) is 7.07. The molecule has 0 saturated carbocycles. The van der Waals surface area contributed by atoms with Gasteiger partial charge in [-0.2, -0.15) is 0 Å². The van der Waals surface area contributed by atoms with Crippen molar-refractivity contribution in [2.24, 2.45) is 16.8 Å². The summed E-state index contributed by atoms with van der Waals surface area (Å²) < 4.78 is 0. The van der Waals surface area contributed by atoms with Gasteiger partial charge in [0.2, 0.25) is 0 Å². The summed E-state index contributed by atoms with van der Waals surface area (Å²) in [4.78, 5) is 20.1. The molecule has 1 aromatic carbocycles. The minimum atomic E-state index is 0.0913. The number of rotatable bonds is 4. The Morgan fingerprint density at radius 3 is 2.56 bits per heavy atom. The molecule has 6 heteroatoms. The molecule has 1 fully saturated rings. The first-order valence-electron chi connectivity index (χ1n) is 9.21. The minimum absolute atomic E-state index is 0.0913. The van der Waals surface area contributed by atoms with Gasteiger partial charge in [0.15, 0.2) is 0 Å². The summed E-state index contributed by atoms with van der Waals surface area (Å²) >= 11 is 14.1. The van der Waals surface area contributed by atoms with Gasteiger partial charge < -0.3 is 4.90 Å². The number of thioether (sulfide) groups is 1. The van der Waals surface area contributed by atoms with Crippen LogP contribution in [0.5, 0.6) is 0 Å². The fourth-order valence-electron chi connectivity index (χ4n) is 3.60. The first kappa shape index (κ1) is 20.5. The predicted octanol–water partition coefficient (Wildman–Crippen LogP) is 5.87. The smallest absolute Gasteiger partial charge is 0.255 e. The van der Waals surface area contributed by atoms with Crippen molar-refractivity contribution in [3.05, 3.63) is 51.7 Å². The number of hydrogen-bond donors (Lipinski definition) is 0. The van der Waals surface area contributed by atoms with Crippen LogP contribution < -0.4 is 0 Å². The van der Waals surface area contributed by atoms with Crippen molar-refractivity contribution in [1.82, 2.24) is 4.90 Å². The molecule has 1 saturated heterocycles. The maximum absolute atomic E-state index is 12.9. The summed E-state index contributed by atoms with van der Waals surface area (Å²) in [7, 11) is 0. The van der Waals surface area contributed by atoms with E-state index in [9.17, 15) is 4.79 Å². The van der Waals surface area contributed by atoms with Gasteiger partial charge in [-0.05, 0) is 42.4 Å². The molecule has 2 aliphatic rings. The summed E-state index contributed by atoms with van der Waals surface area (Å²) in [5.41, 5.74) is 1.82. The number of likely N-dealkylation sites (tertiary alicyclic amines) is 1. The highest BCUT2D eigenvalue weighted by Crippen LogP contribution is 2.35. The van der Waals surface area contributed by atoms with E-state index in [1.54, 1.807) is 18.0 Å². The highest BCUT2D eigenvalue weighted by atomic mass is 35.5. The van der Waals surface area contributed by atoms with E-state index in [0.717, 1.165) is 29.3 Å². The molecule has 144 valence electrons. The molecule has 2 aliphatic heterocycles. The quantitative estimate of drug-likeness (QED) is 0.567. The fourth-order valence-corrected chi connectivity index (χ4v) is 5.26. The van der Waals surface area contributed by atoms with Gasteiger partial charge >= 0.3 is 0 Å². The monoisotopic (exact) mass is 422 g/mol. The predicted molar refractivity (Wildman–Crippen MR) is 116 cm³/mol. The second-order valence-corrected chi connectivity index (χ2v) is 9.22. The van der Waals surface area contributed by atoms with Crippen LogP contribution in [0.4, 0.5) is 0 Å². The molecule has 2 unspecified atom stereocenters. The molecular weight excluding hydrogens is 399 g/mol. The summed E-state index contributed by atoms with van der Waals surface area (Å²) in [5, 5.41) is 1.31. The molecule has 27 heavy (non-hydrogen) atoms. The highest BCUT2D eigenvalue weighted by molar-refractivity contribution is 7.99. The highest BCUT2D eigenvalue weighted by Gasteiger charge is 2.26. The zero-order chi connectivity index (χ0) is 19.4. The number of benzene rings is 1. The molecule has 0 bridgehead atoms. The van der Waals surface area contributed by atoms with Crippen LogP contribution in [0.1, 0.15) is 26.7 Å². The topological polar surface area (TPSA) is 32.7 Å². The van der Waals surface area contributed by atoms with Crippen molar-refractivity contribution in [2.75, 3.05) is 18.8 Å². The second-order valence-electron chi connectivity index (χ2n) is 7.42. The lowest BCUT2D eigenvalue weighted by Crippen LogP contribution is -2.43. The second kappa shape index (κ2) is 9.31. The first-order valence-corrected chi connectivity index (χ1v) is 11.0. The zero-order valence-corrected chi connectivity index (χ0v) is 17.9. The number of aliphatic imine (C=N–C) groups is 1. The van der Waals surface area contributed by atoms with Crippen LogP contribution in [0.2, 0.25) is 10.0 Å². The van der Waals surface area contributed by atoms with Gasteiger partial charge in [-0.15, -0.1) is 11.8 Å². The third-order valence-electron chi connectivity index (χ3n) is 4.78. The molecule has 0 radical (unpaired) electrons. The van der Waals surface area contributed by atoms with E-state index in [1.807, 2.05) is 35.4 Å². The van der Waals surface area contributed by atoms with E-state index in [4.69, 9.17) is 23.2 Å². The number of piperidine rings is 1. The Morgan fingerprint density at radius 1 is 1.22 bits per heavy atom. The lowest BCUT2D eigenvalue weighted by atomic mass is 9.91. The van der Waals surface area contributed by atoms with Crippen molar-refractivity contribution >= 4 is 47.1 Å². The Labute approximate surface area is 175 Å². The first-order chi connectivity index (χ1) is 12.9. The number of nitrogens with zero attached hydrogens (tertiary/aromatic N) is 2. The third kappa shape index (κ3) is 5.40. The number of hydrogen-bond acceptors (Lipinski definition) is 3. The van der Waals surface area contributed by atoms with Crippen LogP contribution in [0.3, 0.4) is 0 Å². The lowest BCUT2D eigenvalue weighted by molar-refractivity contribution is -0.129. The molecule has 3 rings (SSSR count). The van der Waals surface area contributed by atoms with Gasteiger partial charge in [-0.25, -0.2) is 0 Å². The van der Waals surface area contributed by atoms with Crippen LogP contribution >= 0.6 is 35.0 Å². The Hall–Kier alpha value is -1.23. The molecule has 1 amide bonds. The molecule has 2 atom stereocenters. The average molecular weight is 423 g/mol. The summed E-state index contributed by atoms with van der Waals surface area (Å²) in [6.45, 7) is 6.08. The maximum atomic E-state index is 12.9. The Bertz CT molecular complexity index is 773. The van der Waals surface area contributed by atoms with Gasteiger partial charge in [0.05, 0.1) is 15.6 Å². The van der Waals surface area contributed by atoms with Gasteiger partial charge in [-0.3, -0.25) is 9.79 Å². The number of carbonyl (C=O) groups excluding carboxylic acids is 1. The van der Waals surface area contributed by atoms with Gasteiger partial charge in [0.25, 0.3) is 5.91 Å². The van der Waals surface area contributed by atoms with E-state index < -0.39 is 0 Å². The van der Waals surface area contributed by atoms with E-state index in [1.165, 1.54) is 6.42 Å². The molecule has 3 nitrogen and oxygen atoms in total. The molecular formula is C21H24Cl2N2OS. The normalized spacial score (nSPS) is 22.9. The summed E-state index contributed by atoms with van der Waals surface area (Å²) in [6.07, 6.45) is 7.41. The van der Waals surface area contributed by atoms with Crippen molar-refractivity contribution in [3.63, 3.8) is 0 Å². The van der Waals surface area contributed by atoms with Crippen LogP contribution in [0, 0.1) is 11.8 Å². The fraction of sp³-hybridized carbons (Fsp3) is 0.429. The molecule has 0 N–H and O–H groups in total. The molecule has 0 aliphatic carbocycles. The van der Waals surface area contributed by atoms with E-state index in [0.29, 0.717) is 33.9 Å². The van der Waals surface area contributed by atoms with Gasteiger partial charge in [0, 0.05) is 36.2 Å². The van der Waals surface area contributed by atoms with E-state index in [2.05, 4.69) is 18.8 Å². The number of carbonyl (C=O) groups is 1. The lowest BCUT2D eigenvalue weighted by Gasteiger charge is -2.35. The van der Waals surface area contributed by atoms with Crippen molar-refractivity contribution < 1.29 is 4.79 Å². The average Bonchev–Trinajstić information content (AvgIpc) is 2.85. The SMILES string of the molecule is CC1CC(C)CN(C(=O)C2=CCC(CSc3c(Cl)cccc3Cl)=CN=C2)C1. The summed E-state index contributed by atoms with van der Waals surface area (Å²) in [6, 6.07) is 5.52. The van der Waals surface area contributed by atoms with Crippen LogP contribution in [-0.2, 0) is 4.79 Å². The molecule has 1 aromatic rings. The van der Waals surface area contributed by atoms with Crippen LogP contribution in [0.15, 0.2) is 51.5 Å². The zero-order valence-electron chi connectivity index (χ0n) is 15.6. The Balaban J connectivity index is 1.62. The van der Waals surface area contributed by atoms with Crippen molar-refractivity contribution in [3.8, 4) is 0 Å². The van der Waals surface area contributed by atoms with Gasteiger partial charge in [-0.1, -0.05) is 49.2 Å². The van der Waals surface area contributed by atoms with Gasteiger partial charge in [0.1, 0.15) is 0 Å². The van der Waals surface area contributed by atoms with E-state index in [-0.39, 0.29) is 5.91 Å². The van der Waals surface area contributed by atoms with Crippen LogP contribution in [0.25, 0.3) is 0 Å². The van der Waals surface area contributed by atoms with Crippen LogP contribution in [-0.4, -0.2) is 35.9 Å². The molecule has 0 aromatic heterocycles. The van der Waals surface area contributed by atoms with Crippen molar-refractivity contribution in [2.45, 2.75) is 31.6 Å². The molecule has 0 spiro atoms.